The Hall–Kier alpha value is -1.78. The summed E-state index contributed by atoms with van der Waals surface area (Å²) in [7, 11) is 1.41. The first kappa shape index (κ1) is 22.3. The van der Waals surface area contributed by atoms with E-state index in [1.54, 1.807) is 17.3 Å². The number of halogens is 1. The number of likely N-dealkylation sites (tertiary alicyclic amines) is 1. The third kappa shape index (κ3) is 7.63. The molecule has 1 aliphatic rings. The number of amides is 1. The largest absolute Gasteiger partial charge is 0.490 e. The number of ether oxygens (including phenoxy) is 2. The third-order valence-corrected chi connectivity index (χ3v) is 3.88. The first-order chi connectivity index (χ1) is 12.2. The third-order valence-electron chi connectivity index (χ3n) is 3.88. The monoisotopic (exact) mass is 477 g/mol. The molecule has 1 aromatic heterocycles. The van der Waals surface area contributed by atoms with Crippen LogP contribution in [0.5, 0.6) is 5.75 Å². The highest BCUT2D eigenvalue weighted by molar-refractivity contribution is 14.0. The van der Waals surface area contributed by atoms with Crippen LogP contribution in [-0.4, -0.2) is 67.9 Å². The number of piperidine rings is 1. The van der Waals surface area contributed by atoms with Crippen LogP contribution in [0.1, 0.15) is 19.8 Å². The van der Waals surface area contributed by atoms with Crippen LogP contribution in [0.4, 0.5) is 4.79 Å². The zero-order valence-electron chi connectivity index (χ0n) is 15.3. The molecule has 2 rings (SSSR count). The molecule has 0 radical (unpaired) electrons. The molecule has 2 N–H and O–H groups in total. The number of methoxy groups -OCH3 is 1. The summed E-state index contributed by atoms with van der Waals surface area (Å²) < 4.78 is 10.4. The molecule has 8 nitrogen and oxygen atoms in total. The number of aliphatic imine (C=N–C) groups is 1. The standard InChI is InChI=1S/C17H27N5O3.HI/c1-3-19-16(20-9-12-25-15-5-4-8-18-13-15)21-14-6-10-22(11-7-14)17(23)24-2;/h4-5,8,13-14H,3,6-7,9-12H2,1-2H3,(H2,19,20,21);1H. The van der Waals surface area contributed by atoms with Crippen molar-refractivity contribution < 1.29 is 14.3 Å². The lowest BCUT2D eigenvalue weighted by Crippen LogP contribution is -2.49. The summed E-state index contributed by atoms with van der Waals surface area (Å²) >= 11 is 0. The van der Waals surface area contributed by atoms with Gasteiger partial charge in [0.2, 0.25) is 0 Å². The Morgan fingerprint density at radius 3 is 2.81 bits per heavy atom. The number of pyridine rings is 1. The number of nitrogens with zero attached hydrogens (tertiary/aromatic N) is 3. The summed E-state index contributed by atoms with van der Waals surface area (Å²) in [6, 6.07) is 4.00. The van der Waals surface area contributed by atoms with E-state index < -0.39 is 0 Å². The molecule has 146 valence electrons. The zero-order chi connectivity index (χ0) is 17.9. The van der Waals surface area contributed by atoms with Gasteiger partial charge < -0.3 is 25.0 Å². The van der Waals surface area contributed by atoms with E-state index in [-0.39, 0.29) is 36.1 Å². The molecule has 0 saturated carbocycles. The van der Waals surface area contributed by atoms with Crippen molar-refractivity contribution in [2.24, 2.45) is 4.99 Å². The van der Waals surface area contributed by atoms with Crippen LogP contribution in [0.3, 0.4) is 0 Å². The van der Waals surface area contributed by atoms with Gasteiger partial charge in [0.1, 0.15) is 12.4 Å². The maximum atomic E-state index is 11.5. The molecule has 9 heteroatoms. The van der Waals surface area contributed by atoms with E-state index in [1.807, 2.05) is 19.1 Å². The van der Waals surface area contributed by atoms with Crippen LogP contribution in [0.25, 0.3) is 0 Å². The number of nitrogens with one attached hydrogen (secondary N) is 2. The Bertz CT molecular complexity index is 551. The summed E-state index contributed by atoms with van der Waals surface area (Å²) in [5, 5.41) is 6.66. The quantitative estimate of drug-likeness (QED) is 0.282. The Morgan fingerprint density at radius 1 is 1.42 bits per heavy atom. The number of carbonyl (C=O) groups excluding carboxylic acids is 1. The Morgan fingerprint density at radius 2 is 2.19 bits per heavy atom. The lowest BCUT2D eigenvalue weighted by Gasteiger charge is -2.32. The Kier molecular flexibility index (Phi) is 10.7. The van der Waals surface area contributed by atoms with Gasteiger partial charge in [-0.2, -0.15) is 0 Å². The van der Waals surface area contributed by atoms with Gasteiger partial charge in [0.25, 0.3) is 0 Å². The lowest BCUT2D eigenvalue weighted by atomic mass is 10.1. The van der Waals surface area contributed by atoms with Crippen molar-refractivity contribution in [3.05, 3.63) is 24.5 Å². The molecule has 0 aromatic carbocycles. The first-order valence-electron chi connectivity index (χ1n) is 8.63. The smallest absolute Gasteiger partial charge is 0.409 e. The predicted molar refractivity (Wildman–Crippen MR) is 111 cm³/mol. The Labute approximate surface area is 171 Å². The molecule has 1 saturated heterocycles. The minimum Gasteiger partial charge on any atom is -0.490 e. The number of rotatable bonds is 6. The van der Waals surface area contributed by atoms with E-state index in [0.717, 1.165) is 31.1 Å². The fourth-order valence-corrected chi connectivity index (χ4v) is 2.60. The molecule has 0 atom stereocenters. The van der Waals surface area contributed by atoms with Gasteiger partial charge >= 0.3 is 6.09 Å². The molecule has 1 amide bonds. The van der Waals surface area contributed by atoms with E-state index in [4.69, 9.17) is 9.47 Å². The van der Waals surface area contributed by atoms with Crippen molar-refractivity contribution in [1.29, 1.82) is 0 Å². The summed E-state index contributed by atoms with van der Waals surface area (Å²) in [4.78, 5) is 21.8. The van der Waals surface area contributed by atoms with Crippen molar-refractivity contribution >= 4 is 36.0 Å². The number of carbonyl (C=O) groups is 1. The highest BCUT2D eigenvalue weighted by Gasteiger charge is 2.23. The molecule has 1 fully saturated rings. The number of aromatic nitrogens is 1. The molecular formula is C17H28IN5O3. The number of hydrogen-bond acceptors (Lipinski definition) is 5. The van der Waals surface area contributed by atoms with Crippen LogP contribution < -0.4 is 15.4 Å². The van der Waals surface area contributed by atoms with E-state index in [9.17, 15) is 4.79 Å². The van der Waals surface area contributed by atoms with Crippen LogP contribution in [0.2, 0.25) is 0 Å². The fraction of sp³-hybridized carbons (Fsp3) is 0.588. The van der Waals surface area contributed by atoms with Gasteiger partial charge in [-0.1, -0.05) is 0 Å². The van der Waals surface area contributed by atoms with Gasteiger partial charge in [-0.25, -0.2) is 9.79 Å². The maximum Gasteiger partial charge on any atom is 0.409 e. The van der Waals surface area contributed by atoms with Crippen molar-refractivity contribution in [2.75, 3.05) is 39.9 Å². The summed E-state index contributed by atoms with van der Waals surface area (Å²) in [5.74, 6) is 1.51. The van der Waals surface area contributed by atoms with Crippen molar-refractivity contribution in [3.8, 4) is 5.75 Å². The molecule has 0 aliphatic carbocycles. The fourth-order valence-electron chi connectivity index (χ4n) is 2.60. The molecule has 26 heavy (non-hydrogen) atoms. The lowest BCUT2D eigenvalue weighted by molar-refractivity contribution is 0.111. The van der Waals surface area contributed by atoms with Crippen LogP contribution in [-0.2, 0) is 4.74 Å². The van der Waals surface area contributed by atoms with Gasteiger partial charge in [0.05, 0.1) is 19.9 Å². The van der Waals surface area contributed by atoms with Crippen LogP contribution >= 0.6 is 24.0 Å². The number of hydrogen-bond donors (Lipinski definition) is 2. The zero-order valence-corrected chi connectivity index (χ0v) is 17.6. The van der Waals surface area contributed by atoms with E-state index in [0.29, 0.717) is 26.2 Å². The van der Waals surface area contributed by atoms with Gasteiger partial charge in [-0.3, -0.25) is 4.98 Å². The highest BCUT2D eigenvalue weighted by atomic mass is 127. The minimum absolute atomic E-state index is 0. The molecule has 0 spiro atoms. The van der Waals surface area contributed by atoms with Gasteiger partial charge in [0.15, 0.2) is 5.96 Å². The van der Waals surface area contributed by atoms with Crippen LogP contribution in [0.15, 0.2) is 29.5 Å². The second kappa shape index (κ2) is 12.6. The average molecular weight is 477 g/mol. The molecule has 0 bridgehead atoms. The highest BCUT2D eigenvalue weighted by Crippen LogP contribution is 2.11. The van der Waals surface area contributed by atoms with E-state index >= 15 is 0 Å². The molecule has 2 heterocycles. The van der Waals surface area contributed by atoms with Gasteiger partial charge in [0, 0.05) is 31.9 Å². The second-order valence-corrected chi connectivity index (χ2v) is 5.67. The summed E-state index contributed by atoms with van der Waals surface area (Å²) in [6.45, 7) is 5.23. The molecular weight excluding hydrogens is 449 g/mol. The predicted octanol–water partition coefficient (Wildman–Crippen LogP) is 1.86. The van der Waals surface area contributed by atoms with Crippen molar-refractivity contribution in [3.63, 3.8) is 0 Å². The van der Waals surface area contributed by atoms with Crippen molar-refractivity contribution in [2.45, 2.75) is 25.8 Å². The molecule has 1 aromatic rings. The van der Waals surface area contributed by atoms with E-state index in [2.05, 4.69) is 20.6 Å². The summed E-state index contributed by atoms with van der Waals surface area (Å²) in [6.07, 6.45) is 4.87. The Balaban J connectivity index is 0.00000338. The van der Waals surface area contributed by atoms with E-state index in [1.165, 1.54) is 7.11 Å². The SMILES string of the molecule is CCNC(=NCCOc1cccnc1)NC1CCN(C(=O)OC)CC1.I. The first-order valence-corrected chi connectivity index (χ1v) is 8.63. The minimum atomic E-state index is -0.258. The second-order valence-electron chi connectivity index (χ2n) is 5.67. The van der Waals surface area contributed by atoms with Crippen LogP contribution in [0, 0.1) is 0 Å². The maximum absolute atomic E-state index is 11.5. The topological polar surface area (TPSA) is 88.1 Å². The molecule has 1 aliphatic heterocycles. The van der Waals surface area contributed by atoms with Gasteiger partial charge in [-0.05, 0) is 31.9 Å². The average Bonchev–Trinajstić information content (AvgIpc) is 2.66. The van der Waals surface area contributed by atoms with Gasteiger partial charge in [-0.15, -0.1) is 24.0 Å². The number of guanidine groups is 1. The van der Waals surface area contributed by atoms with Crippen molar-refractivity contribution in [1.82, 2.24) is 20.5 Å². The normalized spacial score (nSPS) is 15.0. The molecule has 0 unspecified atom stereocenters. The summed E-state index contributed by atoms with van der Waals surface area (Å²) in [5.41, 5.74) is 0.